The molecule has 1 aliphatic heterocycles. The summed E-state index contributed by atoms with van der Waals surface area (Å²) in [4.78, 5) is 12.2. The molecular formula is C10H20N4O5S. The molecular weight excluding hydrogens is 288 g/mol. The van der Waals surface area contributed by atoms with Gasteiger partial charge in [-0.05, 0) is 19.9 Å². The van der Waals surface area contributed by atoms with Crippen molar-refractivity contribution in [2.75, 3.05) is 32.6 Å². The van der Waals surface area contributed by atoms with E-state index in [1.165, 1.54) is 7.05 Å². The van der Waals surface area contributed by atoms with Gasteiger partial charge in [0, 0.05) is 19.8 Å². The van der Waals surface area contributed by atoms with Crippen molar-refractivity contribution in [3.8, 4) is 0 Å². The Morgan fingerprint density at radius 3 is 2.55 bits per heavy atom. The van der Waals surface area contributed by atoms with Crippen molar-refractivity contribution in [3.63, 3.8) is 0 Å². The molecule has 0 atom stereocenters. The van der Waals surface area contributed by atoms with Crippen LogP contribution < -0.4 is 15.8 Å². The van der Waals surface area contributed by atoms with E-state index >= 15 is 0 Å². The highest BCUT2D eigenvalue weighted by molar-refractivity contribution is 7.89. The Morgan fingerprint density at radius 1 is 1.45 bits per heavy atom. The Morgan fingerprint density at radius 2 is 2.05 bits per heavy atom. The summed E-state index contributed by atoms with van der Waals surface area (Å²) in [6.07, 6.45) is 0.570. The maximum atomic E-state index is 12.2. The van der Waals surface area contributed by atoms with Crippen LogP contribution in [-0.4, -0.2) is 57.9 Å². The molecule has 0 aromatic carbocycles. The van der Waals surface area contributed by atoms with Crippen LogP contribution in [0.4, 0.5) is 0 Å². The molecule has 0 bridgehead atoms. The molecule has 0 aliphatic carbocycles. The number of carbonyl (C=O) groups is 1. The molecule has 1 rings (SSSR count). The van der Waals surface area contributed by atoms with E-state index in [0.717, 1.165) is 0 Å². The van der Waals surface area contributed by atoms with Crippen molar-refractivity contribution in [2.24, 2.45) is 16.3 Å². The Bertz CT molecular complexity index is 470. The number of nitrogens with zero attached hydrogens (tertiary/aromatic N) is 1. The van der Waals surface area contributed by atoms with Gasteiger partial charge in [0.25, 0.3) is 0 Å². The summed E-state index contributed by atoms with van der Waals surface area (Å²) in [5.74, 6) is -0.880. The predicted molar refractivity (Wildman–Crippen MR) is 71.8 cm³/mol. The van der Waals surface area contributed by atoms with Gasteiger partial charge >= 0.3 is 0 Å². The van der Waals surface area contributed by atoms with Crippen LogP contribution in [0.3, 0.4) is 0 Å². The molecule has 5 N–H and O–H groups in total. The van der Waals surface area contributed by atoms with Crippen LogP contribution in [0.5, 0.6) is 0 Å². The van der Waals surface area contributed by atoms with Crippen molar-refractivity contribution < 1.29 is 23.2 Å². The fourth-order valence-electron chi connectivity index (χ4n) is 1.99. The van der Waals surface area contributed by atoms with Gasteiger partial charge in [0.15, 0.2) is 5.84 Å². The summed E-state index contributed by atoms with van der Waals surface area (Å²) >= 11 is 0. The lowest BCUT2D eigenvalue weighted by molar-refractivity contribution is -0.131. The van der Waals surface area contributed by atoms with Crippen molar-refractivity contribution in [1.29, 1.82) is 0 Å². The molecule has 1 heterocycles. The van der Waals surface area contributed by atoms with E-state index in [4.69, 9.17) is 15.7 Å². The second kappa shape index (κ2) is 6.86. The highest BCUT2D eigenvalue weighted by Gasteiger charge is 2.44. The van der Waals surface area contributed by atoms with Crippen LogP contribution in [-0.2, 0) is 19.6 Å². The lowest BCUT2D eigenvalue weighted by Gasteiger charge is -2.34. The van der Waals surface area contributed by atoms with Crippen LogP contribution >= 0.6 is 0 Å². The zero-order valence-corrected chi connectivity index (χ0v) is 12.1. The molecule has 0 saturated carbocycles. The maximum Gasteiger partial charge on any atom is 0.234 e. The number of sulfonamides is 1. The highest BCUT2D eigenvalue weighted by atomic mass is 32.2. The normalized spacial score (nSPS) is 19.6. The van der Waals surface area contributed by atoms with Gasteiger partial charge in [-0.15, -0.1) is 0 Å². The van der Waals surface area contributed by atoms with Crippen LogP contribution in [0.1, 0.15) is 12.8 Å². The van der Waals surface area contributed by atoms with Gasteiger partial charge in [-0.2, -0.15) is 0 Å². The minimum Gasteiger partial charge on any atom is -0.409 e. The van der Waals surface area contributed by atoms with Gasteiger partial charge in [0.2, 0.25) is 15.9 Å². The van der Waals surface area contributed by atoms with Gasteiger partial charge < -0.3 is 21.0 Å². The Kier molecular flexibility index (Phi) is 5.72. The zero-order valence-electron chi connectivity index (χ0n) is 11.3. The fourth-order valence-corrected chi connectivity index (χ4v) is 2.56. The maximum absolute atomic E-state index is 12.2. The molecule has 1 aliphatic rings. The molecule has 1 fully saturated rings. The summed E-state index contributed by atoms with van der Waals surface area (Å²) < 4.78 is 29.8. The molecule has 1 saturated heterocycles. The van der Waals surface area contributed by atoms with Crippen LogP contribution in [0.2, 0.25) is 0 Å². The quantitative estimate of drug-likeness (QED) is 0.197. The number of oxime groups is 1. The molecule has 0 radical (unpaired) electrons. The number of nitrogens with two attached hydrogens (primary N) is 1. The topological polar surface area (TPSA) is 143 Å². The minimum atomic E-state index is -3.39. The fraction of sp³-hybridized carbons (Fsp3) is 0.800. The van der Waals surface area contributed by atoms with Crippen LogP contribution in [0.25, 0.3) is 0 Å². The lowest BCUT2D eigenvalue weighted by atomic mass is 9.78. The molecule has 116 valence electrons. The first kappa shape index (κ1) is 16.7. The first-order chi connectivity index (χ1) is 9.38. The molecule has 0 unspecified atom stereocenters. The number of hydrogen-bond acceptors (Lipinski definition) is 6. The number of carbonyl (C=O) groups excluding carboxylic acids is 1. The summed E-state index contributed by atoms with van der Waals surface area (Å²) in [6, 6.07) is 0. The van der Waals surface area contributed by atoms with Crippen LogP contribution in [0, 0.1) is 5.41 Å². The largest absolute Gasteiger partial charge is 0.409 e. The number of nitrogens with one attached hydrogen (secondary N) is 2. The summed E-state index contributed by atoms with van der Waals surface area (Å²) in [5.41, 5.74) is 4.48. The summed E-state index contributed by atoms with van der Waals surface area (Å²) in [7, 11) is -2.09. The molecule has 10 heteroatoms. The molecule has 9 nitrogen and oxygen atoms in total. The zero-order chi connectivity index (χ0) is 15.2. The van der Waals surface area contributed by atoms with E-state index in [1.54, 1.807) is 0 Å². The van der Waals surface area contributed by atoms with Gasteiger partial charge in [0.1, 0.15) is 5.41 Å². The van der Waals surface area contributed by atoms with E-state index in [9.17, 15) is 13.2 Å². The van der Waals surface area contributed by atoms with Crippen molar-refractivity contribution >= 4 is 21.8 Å². The number of ether oxygens (including phenoxy) is 1. The van der Waals surface area contributed by atoms with Gasteiger partial charge in [-0.3, -0.25) is 4.79 Å². The number of amides is 1. The average molecular weight is 308 g/mol. The summed E-state index contributed by atoms with van der Waals surface area (Å²) in [5, 5.41) is 14.3. The Balaban J connectivity index is 2.70. The first-order valence-electron chi connectivity index (χ1n) is 6.13. The lowest BCUT2D eigenvalue weighted by Crippen LogP contribution is -2.53. The number of rotatable bonds is 6. The van der Waals surface area contributed by atoms with Crippen molar-refractivity contribution in [2.45, 2.75) is 12.8 Å². The first-order valence-corrected chi connectivity index (χ1v) is 7.78. The third-order valence-electron chi connectivity index (χ3n) is 3.35. The minimum absolute atomic E-state index is 0.0523. The second-order valence-corrected chi connectivity index (χ2v) is 6.50. The van der Waals surface area contributed by atoms with Crippen molar-refractivity contribution in [1.82, 2.24) is 10.0 Å². The molecule has 1 amide bonds. The molecule has 20 heavy (non-hydrogen) atoms. The SMILES string of the molecule is CNS(=O)(=O)CCNC(=O)C1(C(N)=NO)CCOCC1. The third kappa shape index (κ3) is 3.81. The molecule has 0 aromatic rings. The van der Waals surface area contributed by atoms with E-state index < -0.39 is 21.3 Å². The Labute approximate surface area is 117 Å². The third-order valence-corrected chi connectivity index (χ3v) is 4.71. The van der Waals surface area contributed by atoms with Crippen molar-refractivity contribution in [3.05, 3.63) is 0 Å². The monoisotopic (exact) mass is 308 g/mol. The molecule has 0 spiro atoms. The van der Waals surface area contributed by atoms with Gasteiger partial charge in [-0.25, -0.2) is 13.1 Å². The Hall–Kier alpha value is -1.39. The van der Waals surface area contributed by atoms with Crippen LogP contribution in [0.15, 0.2) is 5.16 Å². The standard InChI is InChI=1S/C10H20N4O5S/c1-12-20(17,18)7-4-13-9(15)10(8(11)14-16)2-5-19-6-3-10/h12,16H,2-7H2,1H3,(H2,11,14)(H,13,15). The van der Waals surface area contributed by atoms with E-state index in [0.29, 0.717) is 13.2 Å². The van der Waals surface area contributed by atoms with Gasteiger partial charge in [-0.1, -0.05) is 5.16 Å². The summed E-state index contributed by atoms with van der Waals surface area (Å²) in [6.45, 7) is 0.584. The molecule has 0 aromatic heterocycles. The van der Waals surface area contributed by atoms with E-state index in [-0.39, 0.29) is 31.0 Å². The average Bonchev–Trinajstić information content (AvgIpc) is 2.46. The highest BCUT2D eigenvalue weighted by Crippen LogP contribution is 2.31. The smallest absolute Gasteiger partial charge is 0.234 e. The number of amidine groups is 1. The van der Waals surface area contributed by atoms with E-state index in [2.05, 4.69) is 15.2 Å². The van der Waals surface area contributed by atoms with Gasteiger partial charge in [0.05, 0.1) is 5.75 Å². The van der Waals surface area contributed by atoms with E-state index in [1.807, 2.05) is 0 Å². The number of hydrogen-bond donors (Lipinski definition) is 4. The predicted octanol–water partition coefficient (Wildman–Crippen LogP) is -1.80. The second-order valence-electron chi connectivity index (χ2n) is 4.46.